The molecule has 0 spiro atoms. The van der Waals surface area contributed by atoms with Gasteiger partial charge in [0, 0.05) is 11.5 Å². The van der Waals surface area contributed by atoms with Crippen molar-refractivity contribution < 1.29 is 18.7 Å². The van der Waals surface area contributed by atoms with E-state index >= 15 is 4.39 Å². The van der Waals surface area contributed by atoms with Crippen molar-refractivity contribution in [2.75, 3.05) is 0 Å². The highest BCUT2D eigenvalue weighted by Gasteiger charge is 2.45. The standard InChI is InChI=1S/C24H23FO3/c1-18(2)24(25,20-11-5-3-6-12-20)23(26)27-17-19-10-9-15-22(16-19)28-21-13-7-4-8-14-21/h3-16,18H,17H2,1-2H3. The van der Waals surface area contributed by atoms with Crippen LogP contribution in [0, 0.1) is 5.92 Å². The number of para-hydroxylation sites is 1. The van der Waals surface area contributed by atoms with E-state index in [9.17, 15) is 4.79 Å². The Labute approximate surface area is 164 Å². The van der Waals surface area contributed by atoms with Gasteiger partial charge in [-0.25, -0.2) is 9.18 Å². The van der Waals surface area contributed by atoms with Gasteiger partial charge in [-0.2, -0.15) is 0 Å². The Bertz CT molecular complexity index is 909. The summed E-state index contributed by atoms with van der Waals surface area (Å²) in [5.74, 6) is -0.111. The molecule has 0 fully saturated rings. The quantitative estimate of drug-likeness (QED) is 0.470. The monoisotopic (exact) mass is 378 g/mol. The number of ether oxygens (including phenoxy) is 2. The third-order valence-electron chi connectivity index (χ3n) is 4.53. The first-order valence-corrected chi connectivity index (χ1v) is 9.23. The van der Waals surface area contributed by atoms with E-state index in [4.69, 9.17) is 9.47 Å². The van der Waals surface area contributed by atoms with Crippen LogP contribution in [0.4, 0.5) is 4.39 Å². The van der Waals surface area contributed by atoms with Gasteiger partial charge in [-0.05, 0) is 29.8 Å². The van der Waals surface area contributed by atoms with E-state index in [1.165, 1.54) is 0 Å². The minimum Gasteiger partial charge on any atom is -0.458 e. The second-order valence-corrected chi connectivity index (χ2v) is 6.87. The fraction of sp³-hybridized carbons (Fsp3) is 0.208. The zero-order chi connectivity index (χ0) is 20.0. The lowest BCUT2D eigenvalue weighted by Gasteiger charge is -2.27. The maximum atomic E-state index is 15.6. The maximum absolute atomic E-state index is 15.6. The second-order valence-electron chi connectivity index (χ2n) is 6.87. The third-order valence-corrected chi connectivity index (χ3v) is 4.53. The predicted molar refractivity (Wildman–Crippen MR) is 107 cm³/mol. The van der Waals surface area contributed by atoms with Gasteiger partial charge in [0.25, 0.3) is 0 Å². The Hall–Kier alpha value is -3.14. The number of alkyl halides is 1. The van der Waals surface area contributed by atoms with Crippen molar-refractivity contribution in [2.24, 2.45) is 5.92 Å². The molecule has 3 rings (SSSR count). The molecule has 0 amide bonds. The number of halogens is 1. The van der Waals surface area contributed by atoms with Gasteiger partial charge < -0.3 is 9.47 Å². The van der Waals surface area contributed by atoms with Crippen molar-refractivity contribution >= 4 is 5.97 Å². The molecule has 3 aromatic rings. The normalized spacial score (nSPS) is 13.0. The zero-order valence-corrected chi connectivity index (χ0v) is 16.0. The average molecular weight is 378 g/mol. The van der Waals surface area contributed by atoms with Crippen LogP contribution >= 0.6 is 0 Å². The molecule has 1 atom stereocenters. The van der Waals surface area contributed by atoms with Crippen molar-refractivity contribution in [3.63, 3.8) is 0 Å². The SMILES string of the molecule is CC(C)C(F)(C(=O)OCc1cccc(Oc2ccccc2)c1)c1ccccc1. The lowest BCUT2D eigenvalue weighted by atomic mass is 9.85. The molecule has 144 valence electrons. The van der Waals surface area contributed by atoms with E-state index in [2.05, 4.69) is 0 Å². The summed E-state index contributed by atoms with van der Waals surface area (Å²) in [5, 5.41) is 0. The molecular weight excluding hydrogens is 355 g/mol. The molecule has 28 heavy (non-hydrogen) atoms. The Morgan fingerprint density at radius 1 is 0.893 bits per heavy atom. The van der Waals surface area contributed by atoms with Gasteiger partial charge in [-0.3, -0.25) is 0 Å². The molecule has 0 aromatic heterocycles. The highest BCUT2D eigenvalue weighted by Crippen LogP contribution is 2.35. The van der Waals surface area contributed by atoms with Gasteiger partial charge in [0.05, 0.1) is 0 Å². The molecule has 0 saturated heterocycles. The number of hydrogen-bond acceptors (Lipinski definition) is 3. The molecule has 3 aromatic carbocycles. The summed E-state index contributed by atoms with van der Waals surface area (Å²) in [7, 11) is 0. The molecule has 3 nitrogen and oxygen atoms in total. The van der Waals surface area contributed by atoms with Crippen molar-refractivity contribution in [3.8, 4) is 11.5 Å². The van der Waals surface area contributed by atoms with Gasteiger partial charge in [0.15, 0.2) is 0 Å². The first-order chi connectivity index (χ1) is 13.5. The molecule has 0 bridgehead atoms. The summed E-state index contributed by atoms with van der Waals surface area (Å²) in [6.45, 7) is 3.31. The number of carbonyl (C=O) groups is 1. The van der Waals surface area contributed by atoms with Gasteiger partial charge in [0.1, 0.15) is 18.1 Å². The van der Waals surface area contributed by atoms with E-state index < -0.39 is 17.6 Å². The van der Waals surface area contributed by atoms with E-state index in [1.807, 2.05) is 48.5 Å². The predicted octanol–water partition coefficient (Wildman–Crippen LogP) is 6.04. The van der Waals surface area contributed by atoms with Crippen LogP contribution in [-0.4, -0.2) is 5.97 Å². The molecule has 1 unspecified atom stereocenters. The number of carbonyl (C=O) groups excluding carboxylic acids is 1. The van der Waals surface area contributed by atoms with Crippen LogP contribution in [0.3, 0.4) is 0 Å². The molecule has 0 heterocycles. The van der Waals surface area contributed by atoms with E-state index in [1.54, 1.807) is 50.2 Å². The molecule has 0 aliphatic heterocycles. The average Bonchev–Trinajstić information content (AvgIpc) is 2.73. The van der Waals surface area contributed by atoms with Crippen LogP contribution in [0.25, 0.3) is 0 Å². The minimum atomic E-state index is -2.20. The summed E-state index contributed by atoms with van der Waals surface area (Å²) >= 11 is 0. The van der Waals surface area contributed by atoms with Crippen LogP contribution in [0.1, 0.15) is 25.0 Å². The highest BCUT2D eigenvalue weighted by molar-refractivity contribution is 5.81. The number of esters is 1. The smallest absolute Gasteiger partial charge is 0.349 e. The van der Waals surface area contributed by atoms with Crippen molar-refractivity contribution in [1.29, 1.82) is 0 Å². The summed E-state index contributed by atoms with van der Waals surface area (Å²) in [5.41, 5.74) is -1.17. The number of benzene rings is 3. The first kappa shape index (κ1) is 19.6. The first-order valence-electron chi connectivity index (χ1n) is 9.23. The zero-order valence-electron chi connectivity index (χ0n) is 16.0. The van der Waals surface area contributed by atoms with E-state index in [-0.39, 0.29) is 6.61 Å². The molecule has 4 heteroatoms. The second kappa shape index (κ2) is 8.70. The lowest BCUT2D eigenvalue weighted by molar-refractivity contribution is -0.163. The lowest BCUT2D eigenvalue weighted by Crippen LogP contribution is -2.38. The van der Waals surface area contributed by atoms with Crippen LogP contribution in [0.2, 0.25) is 0 Å². The molecule has 0 aliphatic carbocycles. The van der Waals surface area contributed by atoms with Crippen molar-refractivity contribution in [1.82, 2.24) is 0 Å². The number of hydrogen-bond donors (Lipinski definition) is 0. The van der Waals surface area contributed by atoms with E-state index in [0.717, 1.165) is 5.56 Å². The van der Waals surface area contributed by atoms with Gasteiger partial charge in [-0.15, -0.1) is 0 Å². The molecule has 0 saturated carbocycles. The Morgan fingerprint density at radius 3 is 2.14 bits per heavy atom. The Balaban J connectivity index is 1.71. The molecule has 0 aliphatic rings. The summed E-state index contributed by atoms with van der Waals surface area (Å²) in [6, 6.07) is 25.0. The summed E-state index contributed by atoms with van der Waals surface area (Å²) < 4.78 is 26.7. The van der Waals surface area contributed by atoms with Crippen LogP contribution in [0.15, 0.2) is 84.9 Å². The highest BCUT2D eigenvalue weighted by atomic mass is 19.1. The van der Waals surface area contributed by atoms with Gasteiger partial charge in [0.2, 0.25) is 5.67 Å². The van der Waals surface area contributed by atoms with Crippen molar-refractivity contribution in [2.45, 2.75) is 26.1 Å². The fourth-order valence-electron chi connectivity index (χ4n) is 2.94. The van der Waals surface area contributed by atoms with Gasteiger partial charge >= 0.3 is 5.97 Å². The topological polar surface area (TPSA) is 35.5 Å². The van der Waals surface area contributed by atoms with Crippen LogP contribution < -0.4 is 4.74 Å². The Kier molecular flexibility index (Phi) is 6.09. The Morgan fingerprint density at radius 2 is 1.50 bits per heavy atom. The molecular formula is C24H23FO3. The van der Waals surface area contributed by atoms with Crippen molar-refractivity contribution in [3.05, 3.63) is 96.1 Å². The summed E-state index contributed by atoms with van der Waals surface area (Å²) in [6.07, 6.45) is 0. The maximum Gasteiger partial charge on any atom is 0.349 e. The molecule has 0 N–H and O–H groups in total. The van der Waals surface area contributed by atoms with Crippen LogP contribution in [0.5, 0.6) is 11.5 Å². The summed E-state index contributed by atoms with van der Waals surface area (Å²) in [4.78, 5) is 12.6. The van der Waals surface area contributed by atoms with Gasteiger partial charge in [-0.1, -0.05) is 74.5 Å². The fourth-order valence-corrected chi connectivity index (χ4v) is 2.94. The minimum absolute atomic E-state index is 0.0317. The van der Waals surface area contributed by atoms with E-state index in [0.29, 0.717) is 17.1 Å². The third kappa shape index (κ3) is 4.39. The van der Waals surface area contributed by atoms with Crippen LogP contribution in [-0.2, 0) is 21.8 Å². The largest absolute Gasteiger partial charge is 0.458 e. The molecule has 0 radical (unpaired) electrons. The number of rotatable bonds is 7.